The zero-order valence-electron chi connectivity index (χ0n) is 11.5. The molecule has 0 aliphatic heterocycles. The molecular weight excluding hydrogens is 304 g/mol. The number of carbonyl (C=O) groups excluding carboxylic acids is 1. The van der Waals surface area contributed by atoms with Crippen LogP contribution in [0.3, 0.4) is 0 Å². The summed E-state index contributed by atoms with van der Waals surface area (Å²) in [6.07, 6.45) is 2.80. The molecule has 1 aromatic rings. The highest BCUT2D eigenvalue weighted by molar-refractivity contribution is 8.00. The summed E-state index contributed by atoms with van der Waals surface area (Å²) in [4.78, 5) is 12.8. The molecule has 0 fully saturated rings. The molecule has 9 nitrogen and oxygen atoms in total. The number of rotatable bonds is 9. The number of sulfonamides is 1. The second-order valence-corrected chi connectivity index (χ2v) is 7.34. The van der Waals surface area contributed by atoms with Gasteiger partial charge in [-0.3, -0.25) is 4.79 Å². The minimum atomic E-state index is -3.35. The average molecular weight is 321 g/mol. The summed E-state index contributed by atoms with van der Waals surface area (Å²) in [7, 11) is 0.504. The zero-order valence-corrected chi connectivity index (χ0v) is 13.1. The summed E-state index contributed by atoms with van der Waals surface area (Å²) >= 11 is 1.07. The van der Waals surface area contributed by atoms with Crippen molar-refractivity contribution in [2.24, 2.45) is 0 Å². The highest BCUT2D eigenvalue weighted by Gasteiger charge is 2.17. The summed E-state index contributed by atoms with van der Waals surface area (Å²) in [5.74, 6) is 0. The molecule has 1 unspecified atom stereocenters. The van der Waals surface area contributed by atoms with Crippen molar-refractivity contribution in [2.45, 2.75) is 17.0 Å². The molecule has 11 heteroatoms. The third-order valence-corrected chi connectivity index (χ3v) is 3.91. The molecule has 1 heterocycles. The van der Waals surface area contributed by atoms with Gasteiger partial charge in [0.05, 0.1) is 18.1 Å². The van der Waals surface area contributed by atoms with E-state index in [-0.39, 0.29) is 6.54 Å². The van der Waals surface area contributed by atoms with Crippen molar-refractivity contribution < 1.29 is 13.2 Å². The molecular formula is C9H17N6O3S2. The number of nitrogens with one attached hydrogen (secondary N) is 1. The van der Waals surface area contributed by atoms with Gasteiger partial charge in [-0.2, -0.15) is 0 Å². The van der Waals surface area contributed by atoms with E-state index in [2.05, 4.69) is 20.2 Å². The molecule has 1 atom stereocenters. The molecule has 1 N–H and O–H groups in total. The molecule has 0 saturated heterocycles. The van der Waals surface area contributed by atoms with Gasteiger partial charge in [-0.25, -0.2) is 17.8 Å². The van der Waals surface area contributed by atoms with E-state index in [1.807, 2.05) is 19.0 Å². The van der Waals surface area contributed by atoms with E-state index in [0.29, 0.717) is 11.7 Å². The summed E-state index contributed by atoms with van der Waals surface area (Å²) in [6, 6.07) is 0. The molecule has 0 bridgehead atoms. The van der Waals surface area contributed by atoms with Gasteiger partial charge in [0.25, 0.3) is 0 Å². The third kappa shape index (κ3) is 6.41. The van der Waals surface area contributed by atoms with Gasteiger partial charge in [0.1, 0.15) is 0 Å². The lowest BCUT2D eigenvalue weighted by atomic mass is 10.5. The molecule has 20 heavy (non-hydrogen) atoms. The van der Waals surface area contributed by atoms with Crippen molar-refractivity contribution in [3.8, 4) is 0 Å². The fourth-order valence-electron chi connectivity index (χ4n) is 1.18. The fourth-order valence-corrected chi connectivity index (χ4v) is 2.55. The van der Waals surface area contributed by atoms with Crippen LogP contribution in [0.15, 0.2) is 5.16 Å². The lowest BCUT2D eigenvalue weighted by molar-refractivity contribution is 0.361. The van der Waals surface area contributed by atoms with E-state index < -0.39 is 15.3 Å². The normalized spacial score (nSPS) is 13.6. The van der Waals surface area contributed by atoms with E-state index in [0.717, 1.165) is 24.6 Å². The predicted molar refractivity (Wildman–Crippen MR) is 74.6 cm³/mol. The minimum Gasteiger partial charge on any atom is -0.308 e. The second kappa shape index (κ2) is 7.67. The number of hydrogen-bond acceptors (Lipinski definition) is 8. The number of thioether (sulfide) groups is 1. The van der Waals surface area contributed by atoms with Crippen LogP contribution in [0.4, 0.5) is 0 Å². The van der Waals surface area contributed by atoms with Gasteiger partial charge in [-0.15, -0.1) is 5.10 Å². The van der Waals surface area contributed by atoms with Crippen molar-refractivity contribution in [2.75, 3.05) is 33.4 Å². The smallest absolute Gasteiger partial charge is 0.214 e. The van der Waals surface area contributed by atoms with Gasteiger partial charge in [-0.05, 0) is 24.5 Å². The minimum absolute atomic E-state index is 0.0481. The SMILES string of the molecule is CN(C)CCn1nnnc1SC([C]=O)CNS(C)(=O)=O. The van der Waals surface area contributed by atoms with Crippen LogP contribution in [0.2, 0.25) is 0 Å². The van der Waals surface area contributed by atoms with Gasteiger partial charge >= 0.3 is 0 Å². The standard InChI is InChI=1S/C9H17N6O3S2/c1-14(2)4-5-15-9(11-12-13-15)19-8(7-16)6-10-20(3,17)18/h8,10H,4-6H2,1-3H3. The summed E-state index contributed by atoms with van der Waals surface area (Å²) in [6.45, 7) is 1.27. The van der Waals surface area contributed by atoms with E-state index in [4.69, 9.17) is 0 Å². The van der Waals surface area contributed by atoms with Gasteiger partial charge < -0.3 is 4.90 Å². The number of likely N-dealkylation sites (N-methyl/N-ethyl adjacent to an activating group) is 1. The van der Waals surface area contributed by atoms with Gasteiger partial charge in [0.15, 0.2) is 0 Å². The highest BCUT2D eigenvalue weighted by Crippen LogP contribution is 2.18. The average Bonchev–Trinajstić information content (AvgIpc) is 2.78. The molecule has 0 amide bonds. The topological polar surface area (TPSA) is 110 Å². The van der Waals surface area contributed by atoms with Crippen molar-refractivity contribution >= 4 is 28.1 Å². The lowest BCUT2D eigenvalue weighted by Gasteiger charge is -2.11. The van der Waals surface area contributed by atoms with Crippen LogP contribution in [-0.4, -0.2) is 78.5 Å². The molecule has 1 radical (unpaired) electrons. The molecule has 0 aliphatic rings. The number of aromatic nitrogens is 4. The Labute approximate surface area is 122 Å². The summed E-state index contributed by atoms with van der Waals surface area (Å²) in [5.41, 5.74) is 0. The molecule has 113 valence electrons. The highest BCUT2D eigenvalue weighted by atomic mass is 32.2. The van der Waals surface area contributed by atoms with Gasteiger partial charge in [0.2, 0.25) is 21.5 Å². The number of hydrogen-bond donors (Lipinski definition) is 1. The van der Waals surface area contributed by atoms with Crippen LogP contribution < -0.4 is 4.72 Å². The van der Waals surface area contributed by atoms with Crippen molar-refractivity contribution in [1.29, 1.82) is 0 Å². The second-order valence-electron chi connectivity index (χ2n) is 4.33. The van der Waals surface area contributed by atoms with Crippen LogP contribution in [0.5, 0.6) is 0 Å². The maximum absolute atomic E-state index is 11.0. The Morgan fingerprint density at radius 3 is 2.75 bits per heavy atom. The Morgan fingerprint density at radius 1 is 1.50 bits per heavy atom. The first-order valence-corrected chi connectivity index (χ1v) is 8.49. The van der Waals surface area contributed by atoms with Gasteiger partial charge in [0, 0.05) is 13.1 Å². The lowest BCUT2D eigenvalue weighted by Crippen LogP contribution is -2.30. The zero-order chi connectivity index (χ0) is 15.2. The van der Waals surface area contributed by atoms with Crippen molar-refractivity contribution in [3.63, 3.8) is 0 Å². The first-order chi connectivity index (χ1) is 9.31. The van der Waals surface area contributed by atoms with Crippen molar-refractivity contribution in [1.82, 2.24) is 29.8 Å². The molecule has 0 saturated carbocycles. The predicted octanol–water partition coefficient (Wildman–Crippen LogP) is -1.65. The molecule has 0 aromatic carbocycles. The van der Waals surface area contributed by atoms with E-state index >= 15 is 0 Å². The molecule has 1 aromatic heterocycles. The van der Waals surface area contributed by atoms with Gasteiger partial charge in [-0.1, -0.05) is 11.8 Å². The monoisotopic (exact) mass is 321 g/mol. The largest absolute Gasteiger partial charge is 0.308 e. The van der Waals surface area contributed by atoms with E-state index in [9.17, 15) is 13.2 Å². The summed E-state index contributed by atoms with van der Waals surface area (Å²) < 4.78 is 25.8. The van der Waals surface area contributed by atoms with E-state index in [1.54, 1.807) is 11.0 Å². The number of tetrazole rings is 1. The fraction of sp³-hybridized carbons (Fsp3) is 0.778. The van der Waals surface area contributed by atoms with Crippen LogP contribution >= 0.6 is 11.8 Å². The molecule has 0 spiro atoms. The maximum Gasteiger partial charge on any atom is 0.214 e. The van der Waals surface area contributed by atoms with Crippen LogP contribution in [0, 0.1) is 0 Å². The number of nitrogens with zero attached hydrogens (tertiary/aromatic N) is 5. The van der Waals surface area contributed by atoms with Crippen LogP contribution in [0.1, 0.15) is 0 Å². The van der Waals surface area contributed by atoms with Crippen molar-refractivity contribution in [3.05, 3.63) is 0 Å². The third-order valence-electron chi connectivity index (χ3n) is 2.17. The Morgan fingerprint density at radius 2 is 2.20 bits per heavy atom. The van der Waals surface area contributed by atoms with Crippen LogP contribution in [0.25, 0.3) is 0 Å². The quantitative estimate of drug-likeness (QED) is 0.539. The first-order valence-electron chi connectivity index (χ1n) is 5.71. The Hall–Kier alpha value is -1.04. The maximum atomic E-state index is 11.0. The molecule has 1 rings (SSSR count). The first kappa shape index (κ1) is 17.0. The Bertz CT molecular complexity index is 530. The van der Waals surface area contributed by atoms with Crippen LogP contribution in [-0.2, 0) is 21.4 Å². The Kier molecular flexibility index (Phi) is 6.52. The molecule has 0 aliphatic carbocycles. The van der Waals surface area contributed by atoms with E-state index in [1.165, 1.54) is 0 Å². The summed E-state index contributed by atoms with van der Waals surface area (Å²) in [5, 5.41) is 10.9. The Balaban J connectivity index is 2.61.